The van der Waals surface area contributed by atoms with E-state index in [2.05, 4.69) is 15.8 Å². The van der Waals surface area contributed by atoms with Crippen LogP contribution in [0.4, 0.5) is 5.82 Å². The molecule has 0 fully saturated rings. The summed E-state index contributed by atoms with van der Waals surface area (Å²) >= 11 is 0. The minimum Gasteiger partial charge on any atom is -0.469 e. The first kappa shape index (κ1) is 13.0. The molecular formula is C12H15N3O2. The fourth-order valence-corrected chi connectivity index (χ4v) is 1.39. The third kappa shape index (κ3) is 3.45. The van der Waals surface area contributed by atoms with Gasteiger partial charge in [-0.3, -0.25) is 4.79 Å². The molecule has 0 aliphatic heterocycles. The number of hydrogen-bond donors (Lipinski definition) is 0. The number of carbonyl (C=O) groups excluding carboxylic acids is 1. The maximum absolute atomic E-state index is 11.0. The van der Waals surface area contributed by atoms with E-state index in [1.54, 1.807) is 24.1 Å². The predicted molar refractivity (Wildman–Crippen MR) is 63.6 cm³/mol. The second-order valence-electron chi connectivity index (χ2n) is 3.68. The average molecular weight is 233 g/mol. The van der Waals surface area contributed by atoms with Crippen molar-refractivity contribution >= 4 is 11.8 Å². The van der Waals surface area contributed by atoms with Crippen LogP contribution in [-0.2, 0) is 9.53 Å². The molecule has 5 heteroatoms. The molecule has 0 unspecified atom stereocenters. The van der Waals surface area contributed by atoms with Gasteiger partial charge in [0.15, 0.2) is 0 Å². The average Bonchev–Trinajstić information content (AvgIpc) is 2.35. The zero-order chi connectivity index (χ0) is 12.8. The first-order valence-corrected chi connectivity index (χ1v) is 5.24. The summed E-state index contributed by atoms with van der Waals surface area (Å²) < 4.78 is 4.57. The quantitative estimate of drug-likeness (QED) is 0.732. The van der Waals surface area contributed by atoms with Gasteiger partial charge >= 0.3 is 5.97 Å². The van der Waals surface area contributed by atoms with Crippen LogP contribution in [0.5, 0.6) is 0 Å². The van der Waals surface area contributed by atoms with E-state index in [1.165, 1.54) is 7.11 Å². The number of ether oxygens (including phenoxy) is 1. The Bertz CT molecular complexity index is 452. The molecule has 5 nitrogen and oxygen atoms in total. The second kappa shape index (κ2) is 5.85. The summed E-state index contributed by atoms with van der Waals surface area (Å²) in [6.45, 7) is 2.33. The standard InChI is InChI=1S/C12H15N3O2/c1-9-4-5-10(8-13)12(14-9)15(2)7-6-11(16)17-3/h4-5H,6-7H2,1-3H3. The Kier molecular flexibility index (Phi) is 4.46. The minimum absolute atomic E-state index is 0.271. The highest BCUT2D eigenvalue weighted by molar-refractivity contribution is 5.70. The summed E-state index contributed by atoms with van der Waals surface area (Å²) in [5.74, 6) is 0.319. The van der Waals surface area contributed by atoms with Crippen LogP contribution in [0, 0.1) is 18.3 Å². The van der Waals surface area contributed by atoms with Gasteiger partial charge in [-0.15, -0.1) is 0 Å². The van der Waals surface area contributed by atoms with E-state index in [9.17, 15) is 4.79 Å². The van der Waals surface area contributed by atoms with Gasteiger partial charge in [0.05, 0.1) is 19.1 Å². The molecule has 0 atom stereocenters. The topological polar surface area (TPSA) is 66.2 Å². The van der Waals surface area contributed by atoms with Gasteiger partial charge < -0.3 is 9.64 Å². The smallest absolute Gasteiger partial charge is 0.307 e. The maximum atomic E-state index is 11.0. The molecule has 0 saturated carbocycles. The molecule has 0 saturated heterocycles. The molecule has 1 aromatic heterocycles. The van der Waals surface area contributed by atoms with Crippen LogP contribution in [0.1, 0.15) is 17.7 Å². The highest BCUT2D eigenvalue weighted by atomic mass is 16.5. The lowest BCUT2D eigenvalue weighted by Gasteiger charge is -2.18. The highest BCUT2D eigenvalue weighted by Crippen LogP contribution is 2.16. The van der Waals surface area contributed by atoms with Gasteiger partial charge in [-0.25, -0.2) is 4.98 Å². The van der Waals surface area contributed by atoms with Crippen molar-refractivity contribution < 1.29 is 9.53 Å². The van der Waals surface area contributed by atoms with Gasteiger partial charge in [0.2, 0.25) is 0 Å². The first-order chi connectivity index (χ1) is 8.08. The van der Waals surface area contributed by atoms with E-state index in [0.29, 0.717) is 17.9 Å². The van der Waals surface area contributed by atoms with Gasteiger partial charge in [-0.05, 0) is 19.1 Å². The molecule has 0 aliphatic rings. The van der Waals surface area contributed by atoms with E-state index >= 15 is 0 Å². The molecule has 1 heterocycles. The van der Waals surface area contributed by atoms with Crippen LogP contribution in [0.15, 0.2) is 12.1 Å². The van der Waals surface area contributed by atoms with E-state index < -0.39 is 0 Å². The normalized spacial score (nSPS) is 9.53. The van der Waals surface area contributed by atoms with Crippen molar-refractivity contribution in [2.75, 3.05) is 25.6 Å². The predicted octanol–water partition coefficient (Wildman–Crippen LogP) is 1.26. The summed E-state index contributed by atoms with van der Waals surface area (Å²) in [4.78, 5) is 17.1. The van der Waals surface area contributed by atoms with Crippen LogP contribution in [-0.4, -0.2) is 31.7 Å². The van der Waals surface area contributed by atoms with Crippen molar-refractivity contribution in [2.45, 2.75) is 13.3 Å². The summed E-state index contributed by atoms with van der Waals surface area (Å²) in [6.07, 6.45) is 0.271. The van der Waals surface area contributed by atoms with Crippen molar-refractivity contribution in [1.29, 1.82) is 5.26 Å². The molecule has 17 heavy (non-hydrogen) atoms. The number of pyridine rings is 1. The zero-order valence-electron chi connectivity index (χ0n) is 10.2. The number of hydrogen-bond acceptors (Lipinski definition) is 5. The van der Waals surface area contributed by atoms with E-state index in [4.69, 9.17) is 5.26 Å². The number of anilines is 1. The zero-order valence-corrected chi connectivity index (χ0v) is 10.2. The van der Waals surface area contributed by atoms with E-state index in [1.807, 2.05) is 6.92 Å². The van der Waals surface area contributed by atoms with E-state index in [0.717, 1.165) is 5.69 Å². The number of esters is 1. The van der Waals surface area contributed by atoms with Crippen LogP contribution >= 0.6 is 0 Å². The number of methoxy groups -OCH3 is 1. The van der Waals surface area contributed by atoms with Crippen LogP contribution in [0.2, 0.25) is 0 Å². The molecule has 0 aliphatic carbocycles. The highest BCUT2D eigenvalue weighted by Gasteiger charge is 2.11. The van der Waals surface area contributed by atoms with Crippen LogP contribution < -0.4 is 4.90 Å². The maximum Gasteiger partial charge on any atom is 0.307 e. The Morgan fingerprint density at radius 1 is 1.59 bits per heavy atom. The SMILES string of the molecule is COC(=O)CCN(C)c1nc(C)ccc1C#N. The molecule has 0 bridgehead atoms. The van der Waals surface area contributed by atoms with Gasteiger partial charge in [0, 0.05) is 19.3 Å². The van der Waals surface area contributed by atoms with Gasteiger partial charge in [-0.1, -0.05) is 0 Å². The Morgan fingerprint density at radius 2 is 2.29 bits per heavy atom. The fraction of sp³-hybridized carbons (Fsp3) is 0.417. The van der Waals surface area contributed by atoms with Crippen LogP contribution in [0.3, 0.4) is 0 Å². The third-order valence-corrected chi connectivity index (χ3v) is 2.38. The van der Waals surface area contributed by atoms with Crippen LogP contribution in [0.25, 0.3) is 0 Å². The monoisotopic (exact) mass is 233 g/mol. The fourth-order valence-electron chi connectivity index (χ4n) is 1.39. The summed E-state index contributed by atoms with van der Waals surface area (Å²) in [5, 5.41) is 8.97. The van der Waals surface area contributed by atoms with E-state index in [-0.39, 0.29) is 12.4 Å². The minimum atomic E-state index is -0.275. The lowest BCUT2D eigenvalue weighted by atomic mass is 10.2. The molecular weight excluding hydrogens is 218 g/mol. The van der Waals surface area contributed by atoms with Crippen molar-refractivity contribution in [3.05, 3.63) is 23.4 Å². The molecule has 1 aromatic rings. The molecule has 90 valence electrons. The molecule has 0 amide bonds. The number of rotatable bonds is 4. The summed E-state index contributed by atoms with van der Waals surface area (Å²) in [6, 6.07) is 5.60. The largest absolute Gasteiger partial charge is 0.469 e. The summed E-state index contributed by atoms with van der Waals surface area (Å²) in [7, 11) is 3.15. The number of nitriles is 1. The number of carbonyl (C=O) groups is 1. The molecule has 0 radical (unpaired) electrons. The number of nitrogens with zero attached hydrogens (tertiary/aromatic N) is 3. The lowest BCUT2D eigenvalue weighted by molar-refractivity contribution is -0.140. The number of aryl methyl sites for hydroxylation is 1. The van der Waals surface area contributed by atoms with Crippen molar-refractivity contribution in [2.24, 2.45) is 0 Å². The third-order valence-electron chi connectivity index (χ3n) is 2.38. The van der Waals surface area contributed by atoms with Crippen molar-refractivity contribution in [3.63, 3.8) is 0 Å². The van der Waals surface area contributed by atoms with Gasteiger partial charge in [-0.2, -0.15) is 5.26 Å². The van der Waals surface area contributed by atoms with Gasteiger partial charge in [0.1, 0.15) is 11.9 Å². The Hall–Kier alpha value is -2.09. The lowest BCUT2D eigenvalue weighted by Crippen LogP contribution is -2.23. The number of aromatic nitrogens is 1. The van der Waals surface area contributed by atoms with Crippen molar-refractivity contribution in [3.8, 4) is 6.07 Å². The second-order valence-corrected chi connectivity index (χ2v) is 3.68. The summed E-state index contributed by atoms with van der Waals surface area (Å²) in [5.41, 5.74) is 1.34. The Balaban J connectivity index is 2.81. The first-order valence-electron chi connectivity index (χ1n) is 5.24. The van der Waals surface area contributed by atoms with Gasteiger partial charge in [0.25, 0.3) is 0 Å². The molecule has 0 aromatic carbocycles. The molecule has 0 N–H and O–H groups in total. The van der Waals surface area contributed by atoms with Crippen molar-refractivity contribution in [1.82, 2.24) is 4.98 Å². The molecule has 1 rings (SSSR count). The Morgan fingerprint density at radius 3 is 2.88 bits per heavy atom. The Labute approximate surface area is 101 Å². The molecule has 0 spiro atoms.